The molecule has 2 atom stereocenters. The van der Waals surface area contributed by atoms with Gasteiger partial charge in [0.1, 0.15) is 6.54 Å². The van der Waals surface area contributed by atoms with Gasteiger partial charge in [-0.15, -0.1) is 10.2 Å². The highest BCUT2D eigenvalue weighted by Crippen LogP contribution is 2.24. The van der Waals surface area contributed by atoms with E-state index in [1.54, 1.807) is 0 Å². The number of aliphatic hydroxyl groups excluding tert-OH is 1. The third-order valence-electron chi connectivity index (χ3n) is 5.31. The Labute approximate surface area is 227 Å². The molecule has 1 aromatic carbocycles. The van der Waals surface area contributed by atoms with Crippen molar-refractivity contribution in [3.63, 3.8) is 0 Å². The lowest BCUT2D eigenvalue weighted by atomic mass is 10.2. The van der Waals surface area contributed by atoms with Gasteiger partial charge in [0.15, 0.2) is 35.5 Å². The number of pyridine rings is 1. The van der Waals surface area contributed by atoms with E-state index in [0.29, 0.717) is 14.6 Å². The summed E-state index contributed by atoms with van der Waals surface area (Å²) in [4.78, 5) is 32.9. The zero-order valence-electron chi connectivity index (χ0n) is 19.9. The van der Waals surface area contributed by atoms with E-state index >= 15 is 0 Å². The Kier molecular flexibility index (Phi) is 7.94. The number of benzene rings is 1. The second-order valence-electron chi connectivity index (χ2n) is 8.15. The van der Waals surface area contributed by atoms with Crippen molar-refractivity contribution in [1.82, 2.24) is 34.1 Å². The number of aromatic nitrogens is 7. The van der Waals surface area contributed by atoms with E-state index in [9.17, 15) is 27.9 Å². The average Bonchev–Trinajstić information content (AvgIpc) is 3.41. The molecule has 1 amide bonds. The molecule has 206 valence electrons. The lowest BCUT2D eigenvalue weighted by molar-refractivity contribution is -0.207. The molecular weight excluding hydrogens is 568 g/mol. The molecule has 0 aliphatic rings. The Morgan fingerprint density at radius 2 is 1.79 bits per heavy atom. The van der Waals surface area contributed by atoms with Gasteiger partial charge in [0, 0.05) is 16.8 Å². The van der Waals surface area contributed by atoms with Crippen LogP contribution in [-0.2, 0) is 17.8 Å². The van der Waals surface area contributed by atoms with E-state index in [0.717, 1.165) is 4.68 Å². The Bertz CT molecular complexity index is 1530. The summed E-state index contributed by atoms with van der Waals surface area (Å²) in [6, 6.07) is 8.92. The number of hydrogen-bond donors (Lipinski definition) is 2. The zero-order chi connectivity index (χ0) is 28.5. The molecule has 3 aromatic heterocycles. The Morgan fingerprint density at radius 1 is 1.13 bits per heavy atom. The quantitative estimate of drug-likeness (QED) is 0.319. The Hall–Kier alpha value is -3.95. The van der Waals surface area contributed by atoms with E-state index < -0.39 is 43.3 Å². The normalized spacial score (nSPS) is 13.3. The van der Waals surface area contributed by atoms with Crippen LogP contribution in [0.5, 0.6) is 0 Å². The number of rotatable bonds is 8. The molecule has 0 fully saturated rings. The number of ether oxygens (including phenoxy) is 1. The summed E-state index contributed by atoms with van der Waals surface area (Å²) in [7, 11) is 0. The van der Waals surface area contributed by atoms with Gasteiger partial charge in [0.25, 0.3) is 0 Å². The predicted molar refractivity (Wildman–Crippen MR) is 131 cm³/mol. The number of nitrogens with zero attached hydrogens (tertiary/aromatic N) is 7. The lowest BCUT2D eigenvalue weighted by Crippen LogP contribution is -2.37. The van der Waals surface area contributed by atoms with Crippen molar-refractivity contribution < 1.29 is 27.8 Å². The van der Waals surface area contributed by atoms with E-state index in [1.807, 2.05) is 0 Å². The van der Waals surface area contributed by atoms with Crippen LogP contribution in [-0.4, -0.2) is 57.6 Å². The van der Waals surface area contributed by atoms with Crippen molar-refractivity contribution in [2.75, 3.05) is 0 Å². The Morgan fingerprint density at radius 3 is 2.38 bits per heavy atom. The first-order chi connectivity index (χ1) is 18.3. The first-order valence-corrected chi connectivity index (χ1v) is 11.8. The minimum absolute atomic E-state index is 0.0209. The highest BCUT2D eigenvalue weighted by molar-refractivity contribution is 6.30. The molecule has 0 aliphatic carbocycles. The topological polar surface area (TPSA) is 156 Å². The van der Waals surface area contributed by atoms with E-state index in [2.05, 4.69) is 20.2 Å². The molecule has 3 N–H and O–H groups in total. The third kappa shape index (κ3) is 6.38. The minimum Gasteiger partial charge on any atom is -0.438 e. The van der Waals surface area contributed by atoms with E-state index in [1.165, 1.54) is 54.2 Å². The lowest BCUT2D eigenvalue weighted by Gasteiger charge is -2.15. The smallest absolute Gasteiger partial charge is 0.416 e. The summed E-state index contributed by atoms with van der Waals surface area (Å²) >= 11 is 11.8. The number of hydrogen-bond acceptors (Lipinski definition) is 8. The molecule has 0 aliphatic heterocycles. The van der Waals surface area contributed by atoms with Gasteiger partial charge in [0.05, 0.1) is 11.6 Å². The highest BCUT2D eigenvalue weighted by Gasteiger charge is 2.39. The van der Waals surface area contributed by atoms with Crippen LogP contribution in [0.25, 0.3) is 17.2 Å². The summed E-state index contributed by atoms with van der Waals surface area (Å²) in [5.41, 5.74) is 4.44. The van der Waals surface area contributed by atoms with Gasteiger partial charge in [-0.2, -0.15) is 17.9 Å². The molecule has 17 heteroatoms. The van der Waals surface area contributed by atoms with Crippen molar-refractivity contribution >= 4 is 29.3 Å². The van der Waals surface area contributed by atoms with Crippen LogP contribution < -0.4 is 11.4 Å². The molecule has 0 radical (unpaired) electrons. The number of halogens is 5. The summed E-state index contributed by atoms with van der Waals surface area (Å²) in [5.74, 6) is 0.148. The molecule has 0 bridgehead atoms. The molecule has 0 spiro atoms. The molecule has 0 saturated heterocycles. The molecular formula is C22H19Cl2F3N8O4. The maximum Gasteiger partial charge on any atom is 0.416 e. The zero-order valence-corrected chi connectivity index (χ0v) is 21.4. The minimum atomic E-state index is -4.98. The van der Waals surface area contributed by atoms with Crippen molar-refractivity contribution in [2.45, 2.75) is 38.4 Å². The predicted octanol–water partition coefficient (Wildman–Crippen LogP) is 3.12. The van der Waals surface area contributed by atoms with Crippen LogP contribution in [0.1, 0.15) is 24.7 Å². The largest absolute Gasteiger partial charge is 0.438 e. The van der Waals surface area contributed by atoms with Crippen molar-refractivity contribution in [3.8, 4) is 17.2 Å². The first-order valence-electron chi connectivity index (χ1n) is 11.1. The van der Waals surface area contributed by atoms with Crippen molar-refractivity contribution in [3.05, 3.63) is 74.8 Å². The number of primary amides is 1. The molecule has 4 rings (SSSR count). The molecule has 4 aromatic rings. The van der Waals surface area contributed by atoms with Crippen molar-refractivity contribution in [1.29, 1.82) is 0 Å². The number of amides is 1. The fourth-order valence-electron chi connectivity index (χ4n) is 3.52. The van der Waals surface area contributed by atoms with Crippen LogP contribution in [0.2, 0.25) is 10.0 Å². The van der Waals surface area contributed by atoms with Gasteiger partial charge >= 0.3 is 18.0 Å². The SMILES string of the molecule is C[C@@H](OC(N)=O)c1nc(Cn2nc(-c3ccc(Cl)cc3)n(C[C@H](O)C(F)(F)F)c2=O)nn1-c1ccc(Cl)cn1. The second kappa shape index (κ2) is 11.0. The number of aliphatic hydroxyl groups is 1. The molecule has 0 unspecified atom stereocenters. The van der Waals surface area contributed by atoms with Gasteiger partial charge < -0.3 is 15.6 Å². The summed E-state index contributed by atoms with van der Waals surface area (Å²) in [6.45, 7) is -0.0277. The molecule has 39 heavy (non-hydrogen) atoms. The van der Waals surface area contributed by atoms with Crippen LogP contribution in [0.4, 0.5) is 18.0 Å². The van der Waals surface area contributed by atoms with E-state index in [-0.39, 0.29) is 28.9 Å². The van der Waals surface area contributed by atoms with Gasteiger partial charge in [-0.25, -0.2) is 24.2 Å². The van der Waals surface area contributed by atoms with Gasteiger partial charge in [-0.3, -0.25) is 4.57 Å². The average molecular weight is 587 g/mol. The van der Waals surface area contributed by atoms with E-state index in [4.69, 9.17) is 33.7 Å². The summed E-state index contributed by atoms with van der Waals surface area (Å²) < 4.78 is 47.1. The number of nitrogens with two attached hydrogens (primary N) is 1. The van der Waals surface area contributed by atoms with Crippen LogP contribution in [0, 0.1) is 0 Å². The number of alkyl halides is 3. The molecule has 12 nitrogen and oxygen atoms in total. The monoisotopic (exact) mass is 586 g/mol. The second-order valence-corrected chi connectivity index (χ2v) is 9.02. The maximum absolute atomic E-state index is 13.2. The molecule has 3 heterocycles. The van der Waals surface area contributed by atoms with Gasteiger partial charge in [0.2, 0.25) is 0 Å². The number of carbonyl (C=O) groups excluding carboxylic acids is 1. The fraction of sp³-hybridized carbons (Fsp3) is 0.273. The molecule has 0 saturated carbocycles. The van der Waals surface area contributed by atoms with Gasteiger partial charge in [-0.1, -0.05) is 23.2 Å². The first kappa shape index (κ1) is 28.1. The number of carbonyl (C=O) groups is 1. The van der Waals surface area contributed by atoms with Crippen LogP contribution in [0.15, 0.2) is 47.4 Å². The standard InChI is InChI=1S/C22H19Cl2F3N8O4/c1-11(39-20(28)37)18-30-16(31-35(18)17-7-6-14(24)8-29-17)10-34-21(38)33(9-15(36)22(25,26)27)19(32-34)12-2-4-13(23)5-3-12/h2-8,11,15,36H,9-10H2,1H3,(H2,28,37)/t11-,15+/m1/s1. The summed E-state index contributed by atoms with van der Waals surface area (Å²) in [6.07, 6.45) is -8.53. The third-order valence-corrected chi connectivity index (χ3v) is 5.79. The maximum atomic E-state index is 13.2. The fourth-order valence-corrected chi connectivity index (χ4v) is 3.76. The van der Waals surface area contributed by atoms with Crippen LogP contribution >= 0.6 is 23.2 Å². The van der Waals surface area contributed by atoms with Crippen molar-refractivity contribution in [2.24, 2.45) is 5.73 Å². The highest BCUT2D eigenvalue weighted by atomic mass is 35.5. The van der Waals surface area contributed by atoms with Gasteiger partial charge in [-0.05, 0) is 43.3 Å². The Balaban J connectivity index is 1.77. The van der Waals surface area contributed by atoms with Crippen LogP contribution in [0.3, 0.4) is 0 Å². The summed E-state index contributed by atoms with van der Waals surface area (Å²) in [5, 5.41) is 18.8.